The van der Waals surface area contributed by atoms with E-state index in [4.69, 9.17) is 14.4 Å². The maximum absolute atomic E-state index is 6.18. The van der Waals surface area contributed by atoms with Crippen LogP contribution in [0.15, 0.2) is 186 Å². The van der Waals surface area contributed by atoms with Crippen LogP contribution in [0.2, 0.25) is 0 Å². The number of hydrogen-bond acceptors (Lipinski definition) is 3. The molecule has 0 aliphatic rings. The molecule has 0 aliphatic heterocycles. The highest BCUT2D eigenvalue weighted by Gasteiger charge is 2.15. The highest BCUT2D eigenvalue weighted by molar-refractivity contribution is 6.06. The Hall–Kier alpha value is -6.84. The number of para-hydroxylation sites is 1. The zero-order valence-corrected chi connectivity index (χ0v) is 27.6. The van der Waals surface area contributed by atoms with Crippen LogP contribution in [0.3, 0.4) is 0 Å². The van der Waals surface area contributed by atoms with E-state index < -0.39 is 0 Å². The Bertz CT molecular complexity index is 2830. The summed E-state index contributed by atoms with van der Waals surface area (Å²) in [7, 11) is 0. The molecule has 0 saturated carbocycles. The monoisotopic (exact) mass is 650 g/mol. The van der Waals surface area contributed by atoms with Gasteiger partial charge in [-0.2, -0.15) is 0 Å². The first-order chi connectivity index (χ1) is 25.2. The fraction of sp³-hybridized carbons (Fsp3) is 0. The van der Waals surface area contributed by atoms with Crippen molar-refractivity contribution in [1.82, 2.24) is 9.97 Å². The fourth-order valence-corrected chi connectivity index (χ4v) is 7.19. The van der Waals surface area contributed by atoms with Crippen molar-refractivity contribution in [1.29, 1.82) is 0 Å². The largest absolute Gasteiger partial charge is 0.456 e. The van der Waals surface area contributed by atoms with E-state index in [-0.39, 0.29) is 0 Å². The molecule has 51 heavy (non-hydrogen) atoms. The van der Waals surface area contributed by atoms with Gasteiger partial charge in [-0.25, -0.2) is 9.97 Å². The molecule has 0 N–H and O–H groups in total. The maximum atomic E-state index is 6.18. The van der Waals surface area contributed by atoms with Crippen molar-refractivity contribution in [2.24, 2.45) is 0 Å². The van der Waals surface area contributed by atoms with Crippen LogP contribution in [0.5, 0.6) is 0 Å². The molecular weight excluding hydrogens is 621 g/mol. The standard InChI is InChI=1S/C48H30N2O/c1-2-10-31(11-3-1)39-26-40(36-22-23-47-43(29-36)42-16-8-9-17-46(42)51-47)28-41(27-39)45-30-44(37-20-18-32-12-4-6-14-34(32)24-37)49-48(50-45)38-21-19-33-13-5-7-15-35(33)25-38/h1-30H. The van der Waals surface area contributed by atoms with Crippen LogP contribution in [0.4, 0.5) is 0 Å². The van der Waals surface area contributed by atoms with Crippen molar-refractivity contribution in [2.75, 3.05) is 0 Å². The maximum Gasteiger partial charge on any atom is 0.160 e. The zero-order chi connectivity index (χ0) is 33.7. The van der Waals surface area contributed by atoms with Gasteiger partial charge in [-0.1, -0.05) is 127 Å². The fourth-order valence-electron chi connectivity index (χ4n) is 7.19. The Morgan fingerprint density at radius 1 is 0.294 bits per heavy atom. The average Bonchev–Trinajstić information content (AvgIpc) is 3.58. The number of nitrogens with zero attached hydrogens (tertiary/aromatic N) is 2. The van der Waals surface area contributed by atoms with Crippen LogP contribution >= 0.6 is 0 Å². The normalized spacial score (nSPS) is 11.5. The molecule has 0 radical (unpaired) electrons. The van der Waals surface area contributed by atoms with E-state index in [1.54, 1.807) is 0 Å². The Labute approximate surface area is 295 Å². The first-order valence-electron chi connectivity index (χ1n) is 17.2. The van der Waals surface area contributed by atoms with Crippen LogP contribution in [-0.4, -0.2) is 9.97 Å². The highest BCUT2D eigenvalue weighted by atomic mass is 16.3. The van der Waals surface area contributed by atoms with Gasteiger partial charge < -0.3 is 4.42 Å². The summed E-state index contributed by atoms with van der Waals surface area (Å²) < 4.78 is 6.18. The second-order valence-electron chi connectivity index (χ2n) is 13.1. The molecule has 0 fully saturated rings. The first kappa shape index (κ1) is 29.1. The van der Waals surface area contributed by atoms with Crippen molar-refractivity contribution in [3.63, 3.8) is 0 Å². The van der Waals surface area contributed by atoms with E-state index in [0.717, 1.165) is 77.7 Å². The number of fused-ring (bicyclic) bond motifs is 5. The van der Waals surface area contributed by atoms with Gasteiger partial charge in [0.05, 0.1) is 11.4 Å². The number of hydrogen-bond donors (Lipinski definition) is 0. The Morgan fingerprint density at radius 3 is 1.61 bits per heavy atom. The Morgan fingerprint density at radius 2 is 0.843 bits per heavy atom. The molecule has 0 amide bonds. The molecule has 2 aromatic heterocycles. The van der Waals surface area contributed by atoms with Gasteiger partial charge in [0.1, 0.15) is 11.2 Å². The van der Waals surface area contributed by atoms with E-state index in [0.29, 0.717) is 5.82 Å². The van der Waals surface area contributed by atoms with Gasteiger partial charge in [-0.15, -0.1) is 0 Å². The van der Waals surface area contributed by atoms with Crippen LogP contribution in [0, 0.1) is 0 Å². The zero-order valence-electron chi connectivity index (χ0n) is 27.6. The molecule has 0 bridgehead atoms. The average molecular weight is 651 g/mol. The minimum Gasteiger partial charge on any atom is -0.456 e. The minimum atomic E-state index is 0.694. The number of rotatable bonds is 5. The summed E-state index contributed by atoms with van der Waals surface area (Å²) >= 11 is 0. The summed E-state index contributed by atoms with van der Waals surface area (Å²) in [4.78, 5) is 10.5. The van der Waals surface area contributed by atoms with Gasteiger partial charge in [-0.05, 0) is 98.4 Å². The smallest absolute Gasteiger partial charge is 0.160 e. The number of aromatic nitrogens is 2. The molecule has 0 unspecified atom stereocenters. The van der Waals surface area contributed by atoms with Gasteiger partial charge in [0.15, 0.2) is 5.82 Å². The van der Waals surface area contributed by atoms with Crippen molar-refractivity contribution in [2.45, 2.75) is 0 Å². The quantitative estimate of drug-likeness (QED) is 0.186. The summed E-state index contributed by atoms with van der Waals surface area (Å²) in [6, 6.07) is 64.1. The second kappa shape index (κ2) is 11.9. The van der Waals surface area contributed by atoms with E-state index in [1.165, 1.54) is 16.2 Å². The summed E-state index contributed by atoms with van der Waals surface area (Å²) in [6.07, 6.45) is 0. The second-order valence-corrected chi connectivity index (χ2v) is 13.1. The summed E-state index contributed by atoms with van der Waals surface area (Å²) in [5.41, 5.74) is 11.1. The van der Waals surface area contributed by atoms with Crippen LogP contribution < -0.4 is 0 Å². The number of benzene rings is 8. The van der Waals surface area contributed by atoms with Crippen LogP contribution in [0.1, 0.15) is 0 Å². The SMILES string of the molecule is c1ccc(-c2cc(-c3ccc4oc5ccccc5c4c3)cc(-c3cc(-c4ccc5ccccc5c4)nc(-c4ccc5ccccc5c4)n3)c2)cc1. The molecule has 0 atom stereocenters. The Balaban J connectivity index is 1.20. The lowest BCUT2D eigenvalue weighted by Gasteiger charge is -2.14. The molecule has 0 saturated heterocycles. The molecule has 8 aromatic carbocycles. The third-order valence-corrected chi connectivity index (χ3v) is 9.82. The van der Waals surface area contributed by atoms with Gasteiger partial charge in [0.2, 0.25) is 0 Å². The van der Waals surface area contributed by atoms with Crippen molar-refractivity contribution >= 4 is 43.5 Å². The molecule has 238 valence electrons. The molecule has 3 heteroatoms. The topological polar surface area (TPSA) is 38.9 Å². The van der Waals surface area contributed by atoms with Gasteiger partial charge in [-0.3, -0.25) is 0 Å². The van der Waals surface area contributed by atoms with Crippen LogP contribution in [-0.2, 0) is 0 Å². The minimum absolute atomic E-state index is 0.694. The molecule has 0 aliphatic carbocycles. The predicted molar refractivity (Wildman–Crippen MR) is 212 cm³/mol. The summed E-state index contributed by atoms with van der Waals surface area (Å²) in [6.45, 7) is 0. The van der Waals surface area contributed by atoms with E-state index >= 15 is 0 Å². The summed E-state index contributed by atoms with van der Waals surface area (Å²) in [5.74, 6) is 0.694. The molecule has 2 heterocycles. The highest BCUT2D eigenvalue weighted by Crippen LogP contribution is 2.38. The van der Waals surface area contributed by atoms with E-state index in [2.05, 4.69) is 170 Å². The number of furan rings is 1. The lowest BCUT2D eigenvalue weighted by molar-refractivity contribution is 0.669. The van der Waals surface area contributed by atoms with Gasteiger partial charge in [0, 0.05) is 27.5 Å². The molecule has 10 rings (SSSR count). The van der Waals surface area contributed by atoms with Crippen LogP contribution in [0.25, 0.3) is 99.6 Å². The van der Waals surface area contributed by atoms with Gasteiger partial charge in [0.25, 0.3) is 0 Å². The van der Waals surface area contributed by atoms with Crippen molar-refractivity contribution in [3.05, 3.63) is 182 Å². The van der Waals surface area contributed by atoms with Gasteiger partial charge >= 0.3 is 0 Å². The van der Waals surface area contributed by atoms with Crippen molar-refractivity contribution in [3.8, 4) is 56.2 Å². The van der Waals surface area contributed by atoms with E-state index in [1.807, 2.05) is 12.1 Å². The van der Waals surface area contributed by atoms with E-state index in [9.17, 15) is 0 Å². The molecule has 3 nitrogen and oxygen atoms in total. The molecular formula is C48H30N2O. The third-order valence-electron chi connectivity index (χ3n) is 9.82. The lowest BCUT2D eigenvalue weighted by Crippen LogP contribution is -1.97. The first-order valence-corrected chi connectivity index (χ1v) is 17.2. The Kier molecular flexibility index (Phi) is 6.81. The van der Waals surface area contributed by atoms with Crippen molar-refractivity contribution < 1.29 is 4.42 Å². The predicted octanol–water partition coefficient (Wildman–Crippen LogP) is 13.0. The molecule has 10 aromatic rings. The molecule has 0 spiro atoms. The lowest BCUT2D eigenvalue weighted by atomic mass is 9.93. The summed E-state index contributed by atoms with van der Waals surface area (Å²) in [5, 5.41) is 6.95. The third kappa shape index (κ3) is 5.33.